The Morgan fingerprint density at radius 2 is 2.11 bits per heavy atom. The zero-order chi connectivity index (χ0) is 14.6. The number of nitrogens with one attached hydrogen (secondary N) is 2. The minimum atomic E-state index is -1.21. The number of hydrogen-bond donors (Lipinski definition) is 3. The molecule has 1 aliphatic heterocycles. The molecule has 3 atom stereocenters. The number of aliphatic carboxylic acids is 1. The van der Waals surface area contributed by atoms with E-state index in [1.165, 1.54) is 6.92 Å². The smallest absolute Gasteiger partial charge is 0.329 e. The number of urea groups is 1. The molecule has 6 heteroatoms. The lowest BCUT2D eigenvalue weighted by Gasteiger charge is -2.36. The largest absolute Gasteiger partial charge is 0.480 e. The second-order valence-electron chi connectivity index (χ2n) is 5.72. The molecule has 0 aromatic carbocycles. The van der Waals surface area contributed by atoms with Crippen molar-refractivity contribution in [1.82, 2.24) is 15.5 Å². The minimum Gasteiger partial charge on any atom is -0.480 e. The van der Waals surface area contributed by atoms with Gasteiger partial charge < -0.3 is 20.6 Å². The van der Waals surface area contributed by atoms with Crippen LogP contribution >= 0.6 is 0 Å². The molecule has 1 saturated heterocycles. The molecule has 1 fully saturated rings. The van der Waals surface area contributed by atoms with Crippen LogP contribution in [-0.2, 0) is 4.79 Å². The van der Waals surface area contributed by atoms with E-state index >= 15 is 0 Å². The van der Waals surface area contributed by atoms with Gasteiger partial charge in [-0.2, -0.15) is 0 Å². The van der Waals surface area contributed by atoms with E-state index in [1.807, 2.05) is 0 Å². The Hall–Kier alpha value is -1.30. The van der Waals surface area contributed by atoms with Crippen LogP contribution in [0, 0.1) is 5.92 Å². The van der Waals surface area contributed by atoms with Crippen LogP contribution in [0.2, 0.25) is 0 Å². The molecule has 0 aliphatic carbocycles. The van der Waals surface area contributed by atoms with Gasteiger partial charge in [-0.05, 0) is 39.3 Å². The fourth-order valence-electron chi connectivity index (χ4n) is 2.32. The van der Waals surface area contributed by atoms with Crippen LogP contribution in [0.25, 0.3) is 0 Å². The van der Waals surface area contributed by atoms with Crippen molar-refractivity contribution in [1.29, 1.82) is 0 Å². The molecule has 0 saturated carbocycles. The molecule has 0 aromatic heterocycles. The average molecular weight is 271 g/mol. The van der Waals surface area contributed by atoms with Crippen molar-refractivity contribution in [3.63, 3.8) is 0 Å². The van der Waals surface area contributed by atoms with Crippen LogP contribution in [0.4, 0.5) is 4.79 Å². The summed E-state index contributed by atoms with van der Waals surface area (Å²) in [5.41, 5.74) is -1.21. The van der Waals surface area contributed by atoms with Crippen molar-refractivity contribution in [2.75, 3.05) is 20.1 Å². The summed E-state index contributed by atoms with van der Waals surface area (Å²) in [6.07, 6.45) is 1.24. The number of carboxylic acids is 1. The van der Waals surface area contributed by atoms with Gasteiger partial charge in [-0.25, -0.2) is 9.59 Å². The number of likely N-dealkylation sites (tertiary alicyclic amines) is 1. The number of carbonyl (C=O) groups excluding carboxylic acids is 1. The van der Waals surface area contributed by atoms with Gasteiger partial charge in [0.25, 0.3) is 0 Å². The maximum absolute atomic E-state index is 11.9. The van der Waals surface area contributed by atoms with Gasteiger partial charge in [-0.1, -0.05) is 13.8 Å². The summed E-state index contributed by atoms with van der Waals surface area (Å²) in [7, 11) is 2.06. The molecule has 1 aliphatic rings. The first-order valence-corrected chi connectivity index (χ1v) is 6.79. The first-order chi connectivity index (χ1) is 8.78. The van der Waals surface area contributed by atoms with Crippen molar-refractivity contribution in [3.05, 3.63) is 0 Å². The van der Waals surface area contributed by atoms with E-state index in [2.05, 4.69) is 29.5 Å². The summed E-state index contributed by atoms with van der Waals surface area (Å²) in [5.74, 6) is -0.649. The first kappa shape index (κ1) is 15.8. The average Bonchev–Trinajstić information content (AvgIpc) is 2.32. The molecule has 6 nitrogen and oxygen atoms in total. The number of carbonyl (C=O) groups is 2. The molecule has 19 heavy (non-hydrogen) atoms. The predicted octanol–water partition coefficient (Wildman–Crippen LogP) is 0.879. The summed E-state index contributed by atoms with van der Waals surface area (Å²) >= 11 is 0. The standard InChI is InChI=1S/C13H25N3O3/c1-5-13(3,11(17)18)15-12(19)14-10-6-7-16(4)8-9(10)2/h9-10H,5-8H2,1-4H3,(H,17,18)(H2,14,15,19). The van der Waals surface area contributed by atoms with Crippen LogP contribution < -0.4 is 10.6 Å². The second-order valence-corrected chi connectivity index (χ2v) is 5.72. The Morgan fingerprint density at radius 1 is 1.47 bits per heavy atom. The van der Waals surface area contributed by atoms with Crippen LogP contribution in [0.5, 0.6) is 0 Å². The highest BCUT2D eigenvalue weighted by Gasteiger charge is 2.34. The maximum atomic E-state index is 11.9. The predicted molar refractivity (Wildman–Crippen MR) is 73.1 cm³/mol. The van der Waals surface area contributed by atoms with Crippen molar-refractivity contribution < 1.29 is 14.7 Å². The molecule has 110 valence electrons. The number of carboxylic acid groups (broad SMARTS) is 1. The Kier molecular flexibility index (Phi) is 5.17. The zero-order valence-electron chi connectivity index (χ0n) is 12.2. The van der Waals surface area contributed by atoms with Crippen LogP contribution in [-0.4, -0.2) is 53.7 Å². The molecule has 0 aromatic rings. The third-order valence-electron chi connectivity index (χ3n) is 3.99. The summed E-state index contributed by atoms with van der Waals surface area (Å²) in [5, 5.41) is 14.6. The van der Waals surface area contributed by atoms with Gasteiger partial charge in [0.05, 0.1) is 0 Å². The molecule has 1 heterocycles. The molecule has 2 amide bonds. The van der Waals surface area contributed by atoms with Gasteiger partial charge in [0, 0.05) is 12.6 Å². The molecule has 1 rings (SSSR count). The number of piperidine rings is 1. The van der Waals surface area contributed by atoms with Crippen LogP contribution in [0.15, 0.2) is 0 Å². The van der Waals surface area contributed by atoms with Gasteiger partial charge in [0.2, 0.25) is 0 Å². The highest BCUT2D eigenvalue weighted by molar-refractivity contribution is 5.85. The maximum Gasteiger partial charge on any atom is 0.329 e. The van der Waals surface area contributed by atoms with Crippen molar-refractivity contribution >= 4 is 12.0 Å². The third kappa shape index (κ3) is 4.09. The quantitative estimate of drug-likeness (QED) is 0.709. The van der Waals surface area contributed by atoms with Crippen molar-refractivity contribution in [2.24, 2.45) is 5.92 Å². The topological polar surface area (TPSA) is 81.7 Å². The van der Waals surface area contributed by atoms with E-state index in [1.54, 1.807) is 6.92 Å². The summed E-state index contributed by atoms with van der Waals surface area (Å²) in [6, 6.07) is -0.292. The monoisotopic (exact) mass is 271 g/mol. The van der Waals surface area contributed by atoms with E-state index in [-0.39, 0.29) is 6.04 Å². The fraction of sp³-hybridized carbons (Fsp3) is 0.846. The number of rotatable bonds is 4. The normalized spacial score (nSPS) is 27.4. The van der Waals surface area contributed by atoms with Gasteiger partial charge in [0.1, 0.15) is 5.54 Å². The molecule has 0 bridgehead atoms. The molecule has 3 unspecified atom stereocenters. The van der Waals surface area contributed by atoms with E-state index < -0.39 is 17.5 Å². The van der Waals surface area contributed by atoms with E-state index in [4.69, 9.17) is 5.11 Å². The van der Waals surface area contributed by atoms with Gasteiger partial charge in [0.15, 0.2) is 0 Å². The molecular formula is C13H25N3O3. The Morgan fingerprint density at radius 3 is 2.58 bits per heavy atom. The van der Waals surface area contributed by atoms with Gasteiger partial charge in [-0.15, -0.1) is 0 Å². The number of amides is 2. The number of nitrogens with zero attached hydrogens (tertiary/aromatic N) is 1. The highest BCUT2D eigenvalue weighted by Crippen LogP contribution is 2.15. The van der Waals surface area contributed by atoms with Crippen LogP contribution in [0.3, 0.4) is 0 Å². The van der Waals surface area contributed by atoms with E-state index in [9.17, 15) is 9.59 Å². The van der Waals surface area contributed by atoms with Gasteiger partial charge >= 0.3 is 12.0 Å². The minimum absolute atomic E-state index is 0.103. The number of hydrogen-bond acceptors (Lipinski definition) is 3. The van der Waals surface area contributed by atoms with E-state index in [0.29, 0.717) is 12.3 Å². The molecule has 0 spiro atoms. The molecular weight excluding hydrogens is 246 g/mol. The van der Waals surface area contributed by atoms with Gasteiger partial charge in [-0.3, -0.25) is 0 Å². The van der Waals surface area contributed by atoms with Crippen molar-refractivity contribution in [3.8, 4) is 0 Å². The summed E-state index contributed by atoms with van der Waals surface area (Å²) in [4.78, 5) is 25.3. The lowest BCUT2D eigenvalue weighted by Crippen LogP contribution is -2.58. The summed E-state index contributed by atoms with van der Waals surface area (Å²) < 4.78 is 0. The first-order valence-electron chi connectivity index (χ1n) is 6.79. The highest BCUT2D eigenvalue weighted by atomic mass is 16.4. The SMILES string of the molecule is CCC(C)(NC(=O)NC1CCN(C)CC1C)C(=O)O. The lowest BCUT2D eigenvalue weighted by molar-refractivity contribution is -0.143. The Bertz CT molecular complexity index is 348. The third-order valence-corrected chi connectivity index (χ3v) is 3.99. The zero-order valence-corrected chi connectivity index (χ0v) is 12.2. The molecule has 3 N–H and O–H groups in total. The van der Waals surface area contributed by atoms with E-state index in [0.717, 1.165) is 19.5 Å². The lowest BCUT2D eigenvalue weighted by atomic mass is 9.94. The summed E-state index contributed by atoms with van der Waals surface area (Å²) in [6.45, 7) is 7.24. The Balaban J connectivity index is 2.53. The Labute approximate surface area is 114 Å². The van der Waals surface area contributed by atoms with Crippen LogP contribution in [0.1, 0.15) is 33.6 Å². The fourth-order valence-corrected chi connectivity index (χ4v) is 2.32. The second kappa shape index (κ2) is 6.23. The molecule has 0 radical (unpaired) electrons. The van der Waals surface area contributed by atoms with Crippen molar-refractivity contribution in [2.45, 2.75) is 45.2 Å².